The van der Waals surface area contributed by atoms with Crippen molar-refractivity contribution in [3.8, 4) is 0 Å². The minimum absolute atomic E-state index is 0.0576. The standard InChI is InChI=1S/C16H24N2O/c1-4-15(11(2)3)18-16(19)14-10-17-9-12-7-5-6-8-13(12)14/h5-8,11,14-15,17H,4,9-10H2,1-3H3,(H,18,19). The zero-order valence-corrected chi connectivity index (χ0v) is 12.1. The lowest BCUT2D eigenvalue weighted by atomic mass is 9.89. The molecule has 3 heteroatoms. The van der Waals surface area contributed by atoms with E-state index in [0.717, 1.165) is 19.5 Å². The van der Waals surface area contributed by atoms with Gasteiger partial charge in [-0.1, -0.05) is 45.0 Å². The molecule has 3 nitrogen and oxygen atoms in total. The molecule has 0 bridgehead atoms. The molecule has 0 fully saturated rings. The number of nitrogens with one attached hydrogen (secondary N) is 2. The number of rotatable bonds is 4. The maximum atomic E-state index is 12.5. The lowest BCUT2D eigenvalue weighted by molar-refractivity contribution is -0.123. The molecular weight excluding hydrogens is 236 g/mol. The molecule has 0 aromatic heterocycles. The summed E-state index contributed by atoms with van der Waals surface area (Å²) in [6.45, 7) is 8.03. The molecule has 2 atom stereocenters. The molecule has 0 saturated heterocycles. The zero-order chi connectivity index (χ0) is 13.8. The maximum Gasteiger partial charge on any atom is 0.229 e. The molecule has 1 heterocycles. The lowest BCUT2D eigenvalue weighted by Gasteiger charge is -2.28. The smallest absolute Gasteiger partial charge is 0.229 e. The first-order valence-corrected chi connectivity index (χ1v) is 7.22. The highest BCUT2D eigenvalue weighted by atomic mass is 16.2. The van der Waals surface area contributed by atoms with Gasteiger partial charge in [0.05, 0.1) is 5.92 Å². The van der Waals surface area contributed by atoms with E-state index in [2.05, 4.69) is 43.5 Å². The summed E-state index contributed by atoms with van der Waals surface area (Å²) < 4.78 is 0. The van der Waals surface area contributed by atoms with Gasteiger partial charge in [0.1, 0.15) is 0 Å². The topological polar surface area (TPSA) is 41.1 Å². The Morgan fingerprint density at radius 1 is 1.42 bits per heavy atom. The number of amides is 1. The molecule has 19 heavy (non-hydrogen) atoms. The third kappa shape index (κ3) is 3.16. The Labute approximate surface area is 115 Å². The number of benzene rings is 1. The van der Waals surface area contributed by atoms with E-state index in [4.69, 9.17) is 0 Å². The van der Waals surface area contributed by atoms with Crippen molar-refractivity contribution in [3.63, 3.8) is 0 Å². The quantitative estimate of drug-likeness (QED) is 0.873. The molecule has 0 aliphatic carbocycles. The van der Waals surface area contributed by atoms with Crippen molar-refractivity contribution in [2.45, 2.75) is 45.7 Å². The third-order valence-electron chi connectivity index (χ3n) is 3.98. The molecule has 104 valence electrons. The predicted octanol–water partition coefficient (Wildman–Crippen LogP) is 2.42. The summed E-state index contributed by atoms with van der Waals surface area (Å²) in [6.07, 6.45) is 0.977. The van der Waals surface area contributed by atoms with E-state index in [0.29, 0.717) is 5.92 Å². The molecular formula is C16H24N2O. The minimum atomic E-state index is -0.0576. The largest absolute Gasteiger partial charge is 0.353 e. The number of carbonyl (C=O) groups is 1. The molecule has 1 aromatic rings. The molecule has 0 radical (unpaired) electrons. The molecule has 1 aliphatic heterocycles. The van der Waals surface area contributed by atoms with Crippen molar-refractivity contribution in [2.75, 3.05) is 6.54 Å². The Hall–Kier alpha value is -1.35. The van der Waals surface area contributed by atoms with E-state index in [1.54, 1.807) is 0 Å². The van der Waals surface area contributed by atoms with Crippen molar-refractivity contribution in [1.82, 2.24) is 10.6 Å². The van der Waals surface area contributed by atoms with Crippen LogP contribution >= 0.6 is 0 Å². The van der Waals surface area contributed by atoms with Crippen LogP contribution in [0.5, 0.6) is 0 Å². The second-order valence-electron chi connectivity index (χ2n) is 5.65. The number of hydrogen-bond acceptors (Lipinski definition) is 2. The number of fused-ring (bicyclic) bond motifs is 1. The second-order valence-corrected chi connectivity index (χ2v) is 5.65. The Morgan fingerprint density at radius 3 is 2.84 bits per heavy atom. The maximum absolute atomic E-state index is 12.5. The fraction of sp³-hybridized carbons (Fsp3) is 0.562. The first-order valence-electron chi connectivity index (χ1n) is 7.22. The van der Waals surface area contributed by atoms with Gasteiger partial charge in [-0.2, -0.15) is 0 Å². The highest BCUT2D eigenvalue weighted by Crippen LogP contribution is 2.24. The van der Waals surface area contributed by atoms with E-state index in [1.165, 1.54) is 11.1 Å². The molecule has 0 saturated carbocycles. The van der Waals surface area contributed by atoms with Gasteiger partial charge in [0.25, 0.3) is 0 Å². The van der Waals surface area contributed by atoms with Crippen LogP contribution in [0.15, 0.2) is 24.3 Å². The van der Waals surface area contributed by atoms with Gasteiger partial charge < -0.3 is 10.6 Å². The molecule has 2 rings (SSSR count). The molecule has 2 N–H and O–H groups in total. The van der Waals surface area contributed by atoms with Gasteiger partial charge in [-0.15, -0.1) is 0 Å². The summed E-state index contributed by atoms with van der Waals surface area (Å²) in [6, 6.07) is 8.49. The van der Waals surface area contributed by atoms with Crippen LogP contribution in [0.3, 0.4) is 0 Å². The van der Waals surface area contributed by atoms with Crippen LogP contribution in [-0.2, 0) is 11.3 Å². The van der Waals surface area contributed by atoms with Crippen LogP contribution < -0.4 is 10.6 Å². The molecule has 1 amide bonds. The van der Waals surface area contributed by atoms with Crippen LogP contribution in [0.4, 0.5) is 0 Å². The van der Waals surface area contributed by atoms with E-state index >= 15 is 0 Å². The normalized spacial score (nSPS) is 19.9. The van der Waals surface area contributed by atoms with Crippen molar-refractivity contribution in [3.05, 3.63) is 35.4 Å². The monoisotopic (exact) mass is 260 g/mol. The molecule has 0 spiro atoms. The van der Waals surface area contributed by atoms with Gasteiger partial charge in [0.2, 0.25) is 5.91 Å². The van der Waals surface area contributed by atoms with Crippen LogP contribution in [-0.4, -0.2) is 18.5 Å². The van der Waals surface area contributed by atoms with E-state index in [9.17, 15) is 4.79 Å². The number of hydrogen-bond donors (Lipinski definition) is 2. The Balaban J connectivity index is 2.12. The molecule has 2 unspecified atom stereocenters. The highest BCUT2D eigenvalue weighted by Gasteiger charge is 2.27. The van der Waals surface area contributed by atoms with Crippen LogP contribution in [0.2, 0.25) is 0 Å². The third-order valence-corrected chi connectivity index (χ3v) is 3.98. The Morgan fingerprint density at radius 2 is 2.16 bits per heavy atom. The van der Waals surface area contributed by atoms with Crippen LogP contribution in [0.1, 0.15) is 44.2 Å². The fourth-order valence-electron chi connectivity index (χ4n) is 2.75. The number of carbonyl (C=O) groups excluding carboxylic acids is 1. The summed E-state index contributed by atoms with van der Waals surface area (Å²) in [7, 11) is 0. The van der Waals surface area contributed by atoms with Crippen molar-refractivity contribution in [2.24, 2.45) is 5.92 Å². The van der Waals surface area contributed by atoms with Crippen LogP contribution in [0, 0.1) is 5.92 Å². The van der Waals surface area contributed by atoms with E-state index in [1.807, 2.05) is 12.1 Å². The Bertz CT molecular complexity index is 442. The van der Waals surface area contributed by atoms with Gasteiger partial charge in [0, 0.05) is 19.1 Å². The summed E-state index contributed by atoms with van der Waals surface area (Å²) >= 11 is 0. The average molecular weight is 260 g/mol. The van der Waals surface area contributed by atoms with E-state index in [-0.39, 0.29) is 17.9 Å². The molecule has 1 aromatic carbocycles. The van der Waals surface area contributed by atoms with Gasteiger partial charge >= 0.3 is 0 Å². The summed E-state index contributed by atoms with van der Waals surface area (Å²) in [5, 5.41) is 6.53. The lowest BCUT2D eigenvalue weighted by Crippen LogP contribution is -2.44. The average Bonchev–Trinajstić information content (AvgIpc) is 2.43. The predicted molar refractivity (Wildman–Crippen MR) is 77.9 cm³/mol. The first-order chi connectivity index (χ1) is 9.13. The Kier molecular flexibility index (Phi) is 4.59. The highest BCUT2D eigenvalue weighted by molar-refractivity contribution is 5.85. The minimum Gasteiger partial charge on any atom is -0.353 e. The van der Waals surface area contributed by atoms with Crippen molar-refractivity contribution >= 4 is 5.91 Å². The van der Waals surface area contributed by atoms with E-state index < -0.39 is 0 Å². The molecule has 1 aliphatic rings. The van der Waals surface area contributed by atoms with Crippen LogP contribution in [0.25, 0.3) is 0 Å². The van der Waals surface area contributed by atoms with Gasteiger partial charge in [-0.05, 0) is 23.5 Å². The van der Waals surface area contributed by atoms with Gasteiger partial charge in [0.15, 0.2) is 0 Å². The van der Waals surface area contributed by atoms with Gasteiger partial charge in [-0.3, -0.25) is 4.79 Å². The second kappa shape index (κ2) is 6.20. The SMILES string of the molecule is CCC(NC(=O)C1CNCc2ccccc21)C(C)C. The zero-order valence-electron chi connectivity index (χ0n) is 12.1. The summed E-state index contributed by atoms with van der Waals surface area (Å²) in [5.41, 5.74) is 2.42. The van der Waals surface area contributed by atoms with Gasteiger partial charge in [-0.25, -0.2) is 0 Å². The summed E-state index contributed by atoms with van der Waals surface area (Å²) in [4.78, 5) is 12.5. The summed E-state index contributed by atoms with van der Waals surface area (Å²) in [5.74, 6) is 0.568. The van der Waals surface area contributed by atoms with Crippen molar-refractivity contribution in [1.29, 1.82) is 0 Å². The van der Waals surface area contributed by atoms with Crippen molar-refractivity contribution < 1.29 is 4.79 Å². The first kappa shape index (κ1) is 14.1. The fourth-order valence-corrected chi connectivity index (χ4v) is 2.75.